The highest BCUT2D eigenvalue weighted by molar-refractivity contribution is 5.97. The zero-order valence-electron chi connectivity index (χ0n) is 23.3. The molecule has 8 nitrogen and oxygen atoms in total. The molecule has 0 bridgehead atoms. The summed E-state index contributed by atoms with van der Waals surface area (Å²) in [5, 5.41) is 0. The van der Waals surface area contributed by atoms with Crippen molar-refractivity contribution in [3.63, 3.8) is 0 Å². The Morgan fingerprint density at radius 1 is 0.526 bits per heavy atom. The van der Waals surface area contributed by atoms with Crippen LogP contribution in [0.25, 0.3) is 0 Å². The Kier molecular flexibility index (Phi) is 18.4. The van der Waals surface area contributed by atoms with E-state index in [0.717, 1.165) is 51.6 Å². The summed E-state index contributed by atoms with van der Waals surface area (Å²) >= 11 is 0. The number of benzene rings is 1. The summed E-state index contributed by atoms with van der Waals surface area (Å²) in [7, 11) is 0. The van der Waals surface area contributed by atoms with E-state index in [2.05, 4.69) is 0 Å². The fourth-order valence-electron chi connectivity index (χ4n) is 4.60. The summed E-state index contributed by atoms with van der Waals surface area (Å²) in [6, 6.07) is 6.56. The standard InChI is InChI=1S/C16H32N2O2.C14H18N2O2/c17-15(19)13-11-9-7-5-3-1-2-4-6-8-10-12-14-16(18)20;15-13(17)11-5-7-12(8-6-11)14(18)16-9-3-1-2-4-10-16/h1-14H2,(H2,17,19)(H2,18,20);5-8H,1-4,9-10H2,(H2,15,17). The van der Waals surface area contributed by atoms with Gasteiger partial charge in [0.1, 0.15) is 0 Å². The first kappa shape index (κ1) is 33.1. The number of rotatable bonds is 17. The lowest BCUT2D eigenvalue weighted by Crippen LogP contribution is -2.31. The van der Waals surface area contributed by atoms with Crippen LogP contribution >= 0.6 is 0 Å². The first-order chi connectivity index (χ1) is 18.3. The lowest BCUT2D eigenvalue weighted by atomic mass is 10.0. The number of nitrogens with zero attached hydrogens (tertiary/aromatic N) is 1. The Bertz CT molecular complexity index is 792. The maximum absolute atomic E-state index is 12.2. The molecule has 0 aliphatic carbocycles. The van der Waals surface area contributed by atoms with Crippen LogP contribution in [0.5, 0.6) is 0 Å². The van der Waals surface area contributed by atoms with Crippen LogP contribution in [0.4, 0.5) is 0 Å². The van der Waals surface area contributed by atoms with Gasteiger partial charge < -0.3 is 22.1 Å². The Balaban J connectivity index is 0.000000381. The third-order valence-corrected chi connectivity index (χ3v) is 6.91. The number of nitrogens with two attached hydrogens (primary N) is 3. The van der Waals surface area contributed by atoms with E-state index in [4.69, 9.17) is 17.2 Å². The molecule has 0 radical (unpaired) electrons. The monoisotopic (exact) mass is 530 g/mol. The Morgan fingerprint density at radius 3 is 1.21 bits per heavy atom. The summed E-state index contributed by atoms with van der Waals surface area (Å²) in [4.78, 5) is 46.2. The number of carbonyl (C=O) groups is 4. The van der Waals surface area contributed by atoms with Gasteiger partial charge >= 0.3 is 0 Å². The van der Waals surface area contributed by atoms with Crippen molar-refractivity contribution in [1.29, 1.82) is 0 Å². The predicted molar refractivity (Wildman–Crippen MR) is 152 cm³/mol. The lowest BCUT2D eigenvalue weighted by Gasteiger charge is -2.20. The van der Waals surface area contributed by atoms with Gasteiger partial charge in [0.15, 0.2) is 0 Å². The molecule has 1 fully saturated rings. The number of carbonyl (C=O) groups excluding carboxylic acids is 4. The highest BCUT2D eigenvalue weighted by Gasteiger charge is 2.17. The molecule has 0 saturated carbocycles. The summed E-state index contributed by atoms with van der Waals surface area (Å²) in [5.41, 5.74) is 16.4. The predicted octanol–water partition coefficient (Wildman–Crippen LogP) is 5.22. The number of primary amides is 3. The molecule has 0 atom stereocenters. The van der Waals surface area contributed by atoms with E-state index in [-0.39, 0.29) is 17.7 Å². The van der Waals surface area contributed by atoms with Crippen molar-refractivity contribution in [3.8, 4) is 0 Å². The molecule has 214 valence electrons. The second kappa shape index (κ2) is 21.1. The number of amides is 4. The zero-order valence-corrected chi connectivity index (χ0v) is 23.3. The van der Waals surface area contributed by atoms with Gasteiger partial charge in [-0.05, 0) is 49.9 Å². The SMILES string of the molecule is NC(=O)CCCCCCCCCCCCCCC(N)=O.NC(=O)c1ccc(C(=O)N2CCCCCC2)cc1. The van der Waals surface area contributed by atoms with Gasteiger partial charge in [0.2, 0.25) is 17.7 Å². The second-order valence-corrected chi connectivity index (χ2v) is 10.3. The molecular weight excluding hydrogens is 480 g/mol. The summed E-state index contributed by atoms with van der Waals surface area (Å²) in [6.07, 6.45) is 20.0. The van der Waals surface area contributed by atoms with Gasteiger partial charge in [0, 0.05) is 37.1 Å². The largest absolute Gasteiger partial charge is 0.370 e. The normalized spacial score (nSPS) is 13.2. The second-order valence-electron chi connectivity index (χ2n) is 10.3. The highest BCUT2D eigenvalue weighted by atomic mass is 16.2. The lowest BCUT2D eigenvalue weighted by molar-refractivity contribution is -0.119. The van der Waals surface area contributed by atoms with Gasteiger partial charge in [-0.25, -0.2) is 0 Å². The van der Waals surface area contributed by atoms with E-state index in [1.165, 1.54) is 64.2 Å². The van der Waals surface area contributed by atoms with Crippen molar-refractivity contribution in [3.05, 3.63) is 35.4 Å². The average Bonchev–Trinajstić information content (AvgIpc) is 3.18. The Hall–Kier alpha value is -2.90. The topological polar surface area (TPSA) is 150 Å². The third-order valence-electron chi connectivity index (χ3n) is 6.91. The molecule has 1 aliphatic heterocycles. The minimum absolute atomic E-state index is 0.0490. The first-order valence-electron chi connectivity index (χ1n) is 14.6. The highest BCUT2D eigenvalue weighted by Crippen LogP contribution is 2.15. The maximum atomic E-state index is 12.2. The van der Waals surface area contributed by atoms with Crippen LogP contribution in [0.3, 0.4) is 0 Å². The number of likely N-dealkylation sites (tertiary alicyclic amines) is 1. The molecule has 0 aromatic heterocycles. The van der Waals surface area contributed by atoms with Crippen molar-refractivity contribution < 1.29 is 19.2 Å². The van der Waals surface area contributed by atoms with Gasteiger partial charge in [-0.3, -0.25) is 19.2 Å². The van der Waals surface area contributed by atoms with E-state index >= 15 is 0 Å². The molecule has 1 saturated heterocycles. The van der Waals surface area contributed by atoms with Gasteiger partial charge in [-0.2, -0.15) is 0 Å². The molecule has 8 heteroatoms. The van der Waals surface area contributed by atoms with Gasteiger partial charge in [0.05, 0.1) is 0 Å². The van der Waals surface area contributed by atoms with Crippen molar-refractivity contribution in [2.75, 3.05) is 13.1 Å². The van der Waals surface area contributed by atoms with Crippen LogP contribution in [0.15, 0.2) is 24.3 Å². The molecule has 1 aromatic rings. The summed E-state index contributed by atoms with van der Waals surface area (Å²) in [5.74, 6) is -0.779. The van der Waals surface area contributed by atoms with Crippen molar-refractivity contribution in [2.45, 2.75) is 116 Å². The van der Waals surface area contributed by atoms with Crippen molar-refractivity contribution >= 4 is 23.6 Å². The Labute approximate surface area is 229 Å². The molecule has 0 spiro atoms. The molecule has 6 N–H and O–H groups in total. The molecule has 4 amide bonds. The molecular formula is C30H50N4O4. The molecule has 1 aromatic carbocycles. The van der Waals surface area contributed by atoms with E-state index < -0.39 is 5.91 Å². The third kappa shape index (κ3) is 16.8. The molecule has 1 heterocycles. The summed E-state index contributed by atoms with van der Waals surface area (Å²) < 4.78 is 0. The average molecular weight is 531 g/mol. The van der Waals surface area contributed by atoms with Crippen LogP contribution in [0.1, 0.15) is 136 Å². The molecule has 1 aliphatic rings. The minimum atomic E-state index is -0.469. The number of hydrogen-bond donors (Lipinski definition) is 3. The van der Waals surface area contributed by atoms with Gasteiger partial charge in [-0.1, -0.05) is 77.0 Å². The van der Waals surface area contributed by atoms with E-state index in [1.807, 2.05) is 4.90 Å². The van der Waals surface area contributed by atoms with E-state index in [1.54, 1.807) is 24.3 Å². The maximum Gasteiger partial charge on any atom is 0.253 e. The van der Waals surface area contributed by atoms with E-state index in [0.29, 0.717) is 24.0 Å². The van der Waals surface area contributed by atoms with Gasteiger partial charge in [-0.15, -0.1) is 0 Å². The molecule has 2 rings (SSSR count). The Morgan fingerprint density at radius 2 is 0.868 bits per heavy atom. The quantitative estimate of drug-likeness (QED) is 0.237. The van der Waals surface area contributed by atoms with Crippen LogP contribution in [0.2, 0.25) is 0 Å². The number of unbranched alkanes of at least 4 members (excludes halogenated alkanes) is 11. The molecule has 0 unspecified atom stereocenters. The number of hydrogen-bond acceptors (Lipinski definition) is 4. The smallest absolute Gasteiger partial charge is 0.253 e. The van der Waals surface area contributed by atoms with Crippen LogP contribution in [-0.4, -0.2) is 41.6 Å². The van der Waals surface area contributed by atoms with Crippen LogP contribution in [-0.2, 0) is 9.59 Å². The minimum Gasteiger partial charge on any atom is -0.370 e. The zero-order chi connectivity index (χ0) is 28.0. The molecule has 38 heavy (non-hydrogen) atoms. The first-order valence-corrected chi connectivity index (χ1v) is 14.6. The fraction of sp³-hybridized carbons (Fsp3) is 0.667. The van der Waals surface area contributed by atoms with Crippen LogP contribution < -0.4 is 17.2 Å². The fourth-order valence-corrected chi connectivity index (χ4v) is 4.60. The summed E-state index contributed by atoms with van der Waals surface area (Å²) in [6.45, 7) is 1.66. The van der Waals surface area contributed by atoms with Gasteiger partial charge in [0.25, 0.3) is 5.91 Å². The van der Waals surface area contributed by atoms with Crippen molar-refractivity contribution in [1.82, 2.24) is 4.90 Å². The van der Waals surface area contributed by atoms with Crippen LogP contribution in [0, 0.1) is 0 Å². The van der Waals surface area contributed by atoms with E-state index in [9.17, 15) is 19.2 Å². The van der Waals surface area contributed by atoms with Crippen molar-refractivity contribution in [2.24, 2.45) is 17.2 Å².